The van der Waals surface area contributed by atoms with Crippen LogP contribution in [0.2, 0.25) is 10.0 Å². The molecule has 5 heteroatoms. The zero-order valence-electron chi connectivity index (χ0n) is 8.61. The number of halogens is 2. The number of nitrogens with zero attached hydrogens (tertiary/aromatic N) is 2. The summed E-state index contributed by atoms with van der Waals surface area (Å²) in [4.78, 5) is 4.23. The van der Waals surface area contributed by atoms with Crippen molar-refractivity contribution in [3.05, 3.63) is 34.6 Å². The molecule has 0 unspecified atom stereocenters. The second kappa shape index (κ2) is 4.36. The van der Waals surface area contributed by atoms with Crippen LogP contribution in [0.4, 0.5) is 0 Å². The Morgan fingerprint density at radius 2 is 2.06 bits per heavy atom. The van der Waals surface area contributed by atoms with Gasteiger partial charge in [-0.3, -0.25) is 0 Å². The molecular formula is C11H10Cl2N2O. The van der Waals surface area contributed by atoms with Gasteiger partial charge in [0.05, 0.1) is 10.0 Å². The van der Waals surface area contributed by atoms with Crippen LogP contribution in [-0.2, 0) is 6.54 Å². The van der Waals surface area contributed by atoms with Gasteiger partial charge in [-0.15, -0.1) is 0 Å². The number of imidazole rings is 1. The Kier molecular flexibility index (Phi) is 3.08. The first-order chi connectivity index (χ1) is 7.63. The Morgan fingerprint density at radius 1 is 1.31 bits per heavy atom. The van der Waals surface area contributed by atoms with Crippen molar-refractivity contribution < 1.29 is 5.11 Å². The van der Waals surface area contributed by atoms with E-state index in [4.69, 9.17) is 23.2 Å². The van der Waals surface area contributed by atoms with E-state index in [-0.39, 0.29) is 10.8 Å². The molecule has 84 valence electrons. The predicted molar refractivity (Wildman–Crippen MR) is 65.0 cm³/mol. The van der Waals surface area contributed by atoms with Crippen LogP contribution in [0.25, 0.3) is 11.4 Å². The number of benzene rings is 1. The number of aromatic nitrogens is 2. The third-order valence-electron chi connectivity index (χ3n) is 2.33. The summed E-state index contributed by atoms with van der Waals surface area (Å²) in [7, 11) is 0. The van der Waals surface area contributed by atoms with E-state index in [0.717, 1.165) is 17.9 Å². The summed E-state index contributed by atoms with van der Waals surface area (Å²) >= 11 is 11.9. The number of rotatable bonds is 2. The van der Waals surface area contributed by atoms with Gasteiger partial charge in [-0.1, -0.05) is 23.2 Å². The van der Waals surface area contributed by atoms with Gasteiger partial charge in [-0.25, -0.2) is 4.98 Å². The number of aryl methyl sites for hydroxylation is 1. The lowest BCUT2D eigenvalue weighted by molar-refractivity contribution is 0.475. The molecule has 2 rings (SSSR count). The van der Waals surface area contributed by atoms with E-state index in [1.54, 1.807) is 12.3 Å². The standard InChI is InChI=1S/C11H10Cl2N2O/c1-2-15-4-3-14-11(15)7-5-9(13)10(16)6-8(7)12/h3-6,16H,2H2,1H3. The van der Waals surface area contributed by atoms with Crippen LogP contribution in [0.3, 0.4) is 0 Å². The molecule has 1 heterocycles. The largest absolute Gasteiger partial charge is 0.506 e. The van der Waals surface area contributed by atoms with Crippen molar-refractivity contribution in [2.75, 3.05) is 0 Å². The van der Waals surface area contributed by atoms with Gasteiger partial charge < -0.3 is 9.67 Å². The summed E-state index contributed by atoms with van der Waals surface area (Å²) < 4.78 is 1.95. The quantitative estimate of drug-likeness (QED) is 0.892. The predicted octanol–water partition coefficient (Wildman–Crippen LogP) is 3.58. The smallest absolute Gasteiger partial charge is 0.141 e. The van der Waals surface area contributed by atoms with Gasteiger partial charge in [0.1, 0.15) is 11.6 Å². The Bertz CT molecular complexity index is 523. The van der Waals surface area contributed by atoms with Crippen molar-refractivity contribution in [3.8, 4) is 17.1 Å². The van der Waals surface area contributed by atoms with Crippen LogP contribution in [0.5, 0.6) is 5.75 Å². The highest BCUT2D eigenvalue weighted by Crippen LogP contribution is 2.35. The number of hydrogen-bond donors (Lipinski definition) is 1. The number of phenolic OH excluding ortho intramolecular Hbond substituents is 1. The maximum Gasteiger partial charge on any atom is 0.141 e. The number of aromatic hydroxyl groups is 1. The highest BCUT2D eigenvalue weighted by molar-refractivity contribution is 6.36. The van der Waals surface area contributed by atoms with E-state index < -0.39 is 0 Å². The van der Waals surface area contributed by atoms with Crippen LogP contribution in [0.15, 0.2) is 24.5 Å². The number of phenols is 1. The van der Waals surface area contributed by atoms with Crippen LogP contribution < -0.4 is 0 Å². The molecule has 0 fully saturated rings. The van der Waals surface area contributed by atoms with E-state index >= 15 is 0 Å². The van der Waals surface area contributed by atoms with E-state index in [1.165, 1.54) is 6.07 Å². The first-order valence-corrected chi connectivity index (χ1v) is 5.58. The first kappa shape index (κ1) is 11.3. The molecule has 0 radical (unpaired) electrons. The van der Waals surface area contributed by atoms with Crippen molar-refractivity contribution in [3.63, 3.8) is 0 Å². The third kappa shape index (κ3) is 1.88. The zero-order chi connectivity index (χ0) is 11.7. The van der Waals surface area contributed by atoms with Crippen molar-refractivity contribution >= 4 is 23.2 Å². The van der Waals surface area contributed by atoms with Gasteiger partial charge in [0, 0.05) is 30.6 Å². The van der Waals surface area contributed by atoms with Gasteiger partial charge >= 0.3 is 0 Å². The molecule has 0 aliphatic carbocycles. The molecule has 2 aromatic rings. The second-order valence-electron chi connectivity index (χ2n) is 3.32. The molecule has 0 bridgehead atoms. The Labute approximate surface area is 103 Å². The monoisotopic (exact) mass is 256 g/mol. The van der Waals surface area contributed by atoms with Gasteiger partial charge in [-0.2, -0.15) is 0 Å². The molecule has 1 aromatic carbocycles. The fourth-order valence-electron chi connectivity index (χ4n) is 1.52. The van der Waals surface area contributed by atoms with E-state index in [1.807, 2.05) is 17.7 Å². The summed E-state index contributed by atoms with van der Waals surface area (Å²) in [6.45, 7) is 2.81. The first-order valence-electron chi connectivity index (χ1n) is 4.83. The van der Waals surface area contributed by atoms with Gasteiger partial charge in [0.2, 0.25) is 0 Å². The molecule has 1 aromatic heterocycles. The van der Waals surface area contributed by atoms with Crippen molar-refractivity contribution in [2.45, 2.75) is 13.5 Å². The molecule has 1 N–H and O–H groups in total. The normalized spacial score (nSPS) is 10.7. The van der Waals surface area contributed by atoms with Crippen LogP contribution >= 0.6 is 23.2 Å². The average Bonchev–Trinajstić information content (AvgIpc) is 2.71. The maximum atomic E-state index is 9.40. The number of hydrogen-bond acceptors (Lipinski definition) is 2. The van der Waals surface area contributed by atoms with Crippen LogP contribution in [0.1, 0.15) is 6.92 Å². The Morgan fingerprint density at radius 3 is 2.75 bits per heavy atom. The molecule has 16 heavy (non-hydrogen) atoms. The molecule has 0 aliphatic rings. The molecule has 3 nitrogen and oxygen atoms in total. The highest BCUT2D eigenvalue weighted by atomic mass is 35.5. The summed E-state index contributed by atoms with van der Waals surface area (Å²) in [5.41, 5.74) is 0.719. The lowest BCUT2D eigenvalue weighted by Crippen LogP contribution is -1.96. The molecule has 0 saturated carbocycles. The van der Waals surface area contributed by atoms with Crippen molar-refractivity contribution in [1.82, 2.24) is 9.55 Å². The topological polar surface area (TPSA) is 38.0 Å². The van der Waals surface area contributed by atoms with Gasteiger partial charge in [-0.05, 0) is 13.0 Å². The van der Waals surface area contributed by atoms with Crippen LogP contribution in [-0.4, -0.2) is 14.7 Å². The van der Waals surface area contributed by atoms with Gasteiger partial charge in [0.15, 0.2) is 0 Å². The summed E-state index contributed by atoms with van der Waals surface area (Å²) in [5.74, 6) is 0.722. The van der Waals surface area contributed by atoms with Crippen LogP contribution in [0, 0.1) is 0 Å². The van der Waals surface area contributed by atoms with Gasteiger partial charge in [0.25, 0.3) is 0 Å². The summed E-state index contributed by atoms with van der Waals surface area (Å²) in [5, 5.41) is 10.1. The molecule has 0 amide bonds. The van der Waals surface area contributed by atoms with Crippen molar-refractivity contribution in [2.24, 2.45) is 0 Å². The fraction of sp³-hybridized carbons (Fsp3) is 0.182. The molecule has 0 aliphatic heterocycles. The minimum Gasteiger partial charge on any atom is -0.506 e. The van der Waals surface area contributed by atoms with E-state index in [2.05, 4.69) is 4.98 Å². The summed E-state index contributed by atoms with van der Waals surface area (Å²) in [6, 6.07) is 3.04. The highest BCUT2D eigenvalue weighted by Gasteiger charge is 2.12. The maximum absolute atomic E-state index is 9.40. The fourth-order valence-corrected chi connectivity index (χ4v) is 1.92. The van der Waals surface area contributed by atoms with Crippen molar-refractivity contribution in [1.29, 1.82) is 0 Å². The minimum atomic E-state index is -0.0231. The van der Waals surface area contributed by atoms with E-state index in [0.29, 0.717) is 5.02 Å². The third-order valence-corrected chi connectivity index (χ3v) is 2.95. The Balaban J connectivity index is 2.60. The lowest BCUT2D eigenvalue weighted by Gasteiger charge is -2.08. The molecular weight excluding hydrogens is 247 g/mol. The average molecular weight is 257 g/mol. The second-order valence-corrected chi connectivity index (χ2v) is 4.13. The Hall–Kier alpha value is -1.19. The SMILES string of the molecule is CCn1ccnc1-c1cc(Cl)c(O)cc1Cl. The summed E-state index contributed by atoms with van der Waals surface area (Å²) in [6.07, 6.45) is 3.57. The minimum absolute atomic E-state index is 0.0231. The van der Waals surface area contributed by atoms with E-state index in [9.17, 15) is 5.11 Å². The zero-order valence-corrected chi connectivity index (χ0v) is 10.1. The molecule has 0 saturated heterocycles. The molecule has 0 spiro atoms. The lowest BCUT2D eigenvalue weighted by atomic mass is 10.2. The molecule has 0 atom stereocenters.